The van der Waals surface area contributed by atoms with Gasteiger partial charge >= 0.3 is 0 Å². The van der Waals surface area contributed by atoms with Crippen LogP contribution in [0.3, 0.4) is 0 Å². The first kappa shape index (κ1) is 42.1. The van der Waals surface area contributed by atoms with Gasteiger partial charge in [-0.1, -0.05) is 45.9 Å². The maximum Gasteiger partial charge on any atom is 0.297 e. The molecule has 0 amide bonds. The smallest absolute Gasteiger partial charge is 0.297 e. The van der Waals surface area contributed by atoms with Gasteiger partial charge in [-0.2, -0.15) is 16.8 Å². The number of halogens is 2. The predicted octanol–water partition coefficient (Wildman–Crippen LogP) is 10.6. The summed E-state index contributed by atoms with van der Waals surface area (Å²) in [6.45, 7) is 3.61. The van der Waals surface area contributed by atoms with Crippen LogP contribution in [-0.4, -0.2) is 62.1 Å². The van der Waals surface area contributed by atoms with E-state index >= 15 is 0 Å². The average Bonchev–Trinajstić information content (AvgIpc) is 3.78. The van der Waals surface area contributed by atoms with Crippen LogP contribution in [0.4, 0.5) is 33.0 Å². The molecular weight excluding hydrogens is 922 g/mol. The monoisotopic (exact) mass is 954 g/mol. The van der Waals surface area contributed by atoms with Crippen molar-refractivity contribution in [2.75, 3.05) is 36.0 Å². The van der Waals surface area contributed by atoms with Gasteiger partial charge in [-0.3, -0.25) is 9.11 Å². The van der Waals surface area contributed by atoms with Crippen molar-refractivity contribution in [3.63, 3.8) is 0 Å². The van der Waals surface area contributed by atoms with E-state index in [0.29, 0.717) is 44.3 Å². The third-order valence-corrected chi connectivity index (χ3v) is 14.8. The summed E-state index contributed by atoms with van der Waals surface area (Å²) in [5, 5.41) is 18.8. The SMILES string of the molecule is O=S(=O)(O)c1c(N=Nc2nc3ccc(Cl)cc3s2)cc2c3c1CCCN3CCC2.O=S(=O)(O)c1c(N=Nc2nc3ccc(Cl)cc3s2)cc2c3c1CCCN3CCC2.[Ni]. The molecule has 310 valence electrons. The quantitative estimate of drug-likeness (QED) is 0.0923. The minimum atomic E-state index is -4.45. The molecule has 21 heteroatoms. The van der Waals surface area contributed by atoms with Gasteiger partial charge < -0.3 is 9.80 Å². The summed E-state index contributed by atoms with van der Waals surface area (Å²) in [5.41, 5.74) is 7.16. The van der Waals surface area contributed by atoms with E-state index in [1.807, 2.05) is 0 Å². The Labute approximate surface area is 367 Å². The van der Waals surface area contributed by atoms with Gasteiger partial charge in [0.05, 0.1) is 20.4 Å². The Kier molecular flexibility index (Phi) is 11.9. The second-order valence-electron chi connectivity index (χ2n) is 14.4. The first-order chi connectivity index (χ1) is 27.8. The first-order valence-electron chi connectivity index (χ1n) is 18.6. The van der Waals surface area contributed by atoms with Crippen LogP contribution in [-0.2, 0) is 62.4 Å². The van der Waals surface area contributed by atoms with E-state index in [2.05, 4.69) is 40.2 Å². The second kappa shape index (κ2) is 16.7. The van der Waals surface area contributed by atoms with Crippen LogP contribution in [0.5, 0.6) is 0 Å². The van der Waals surface area contributed by atoms with Crippen LogP contribution in [0.2, 0.25) is 10.0 Å². The van der Waals surface area contributed by atoms with Crippen LogP contribution in [0.15, 0.2) is 78.8 Å². The first-order valence-corrected chi connectivity index (χ1v) is 23.8. The third-order valence-electron chi connectivity index (χ3n) is 10.6. The molecular formula is C38H34Cl2N8NiO6S4. The van der Waals surface area contributed by atoms with Gasteiger partial charge in [0, 0.05) is 64.1 Å². The van der Waals surface area contributed by atoms with Gasteiger partial charge in [0.1, 0.15) is 21.2 Å². The van der Waals surface area contributed by atoms with Crippen molar-refractivity contribution in [2.45, 2.75) is 61.2 Å². The van der Waals surface area contributed by atoms with E-state index in [9.17, 15) is 25.9 Å². The normalized spacial score (nSPS) is 16.3. The summed E-state index contributed by atoms with van der Waals surface area (Å²) in [6.07, 6.45) is 6.59. The largest absolute Gasteiger partial charge is 0.371 e. The molecule has 14 nitrogen and oxygen atoms in total. The molecule has 10 rings (SSSR count). The van der Waals surface area contributed by atoms with Crippen molar-refractivity contribution in [1.29, 1.82) is 0 Å². The molecule has 0 unspecified atom stereocenters. The van der Waals surface area contributed by atoms with Crippen LogP contribution < -0.4 is 9.80 Å². The average molecular weight is 957 g/mol. The Morgan fingerprint density at radius 3 is 1.36 bits per heavy atom. The van der Waals surface area contributed by atoms with Crippen LogP contribution >= 0.6 is 45.9 Å². The number of anilines is 2. The van der Waals surface area contributed by atoms with Crippen molar-refractivity contribution < 1.29 is 42.4 Å². The van der Waals surface area contributed by atoms with Crippen LogP contribution in [0.25, 0.3) is 20.4 Å². The van der Waals surface area contributed by atoms with Gasteiger partial charge in [0.15, 0.2) is 0 Å². The fourth-order valence-corrected chi connectivity index (χ4v) is 12.3. The Balaban J connectivity index is 0.000000161. The van der Waals surface area contributed by atoms with Crippen molar-refractivity contribution in [3.05, 3.63) is 80.8 Å². The Bertz CT molecular complexity index is 2740. The fourth-order valence-electron chi connectivity index (χ4n) is 8.40. The Morgan fingerprint density at radius 2 is 0.966 bits per heavy atom. The maximum absolute atomic E-state index is 12.2. The van der Waals surface area contributed by atoms with Crippen molar-refractivity contribution in [2.24, 2.45) is 20.5 Å². The van der Waals surface area contributed by atoms with E-state index in [0.717, 1.165) is 108 Å². The predicted molar refractivity (Wildman–Crippen MR) is 228 cm³/mol. The zero-order chi connectivity index (χ0) is 40.3. The molecule has 0 atom stereocenters. The molecule has 0 radical (unpaired) electrons. The minimum absolute atomic E-state index is 0. The number of azo groups is 2. The molecule has 4 aliphatic heterocycles. The Morgan fingerprint density at radius 1 is 0.576 bits per heavy atom. The van der Waals surface area contributed by atoms with Gasteiger partial charge in [-0.15, -0.1) is 20.5 Å². The zero-order valence-electron chi connectivity index (χ0n) is 30.9. The fraction of sp³-hybridized carbons (Fsp3) is 0.316. The van der Waals surface area contributed by atoms with Gasteiger partial charge in [0.25, 0.3) is 20.2 Å². The van der Waals surface area contributed by atoms with Crippen LogP contribution in [0.1, 0.15) is 47.9 Å². The number of aromatic nitrogens is 2. The number of fused-ring (bicyclic) bond motifs is 2. The molecule has 0 bridgehead atoms. The number of aryl methyl sites for hydroxylation is 2. The Hall–Kier alpha value is -3.65. The van der Waals surface area contributed by atoms with Crippen molar-refractivity contribution in [3.8, 4) is 0 Å². The van der Waals surface area contributed by atoms with E-state index in [1.165, 1.54) is 22.7 Å². The zero-order valence-corrected chi connectivity index (χ0v) is 36.7. The molecule has 2 N–H and O–H groups in total. The molecule has 0 spiro atoms. The summed E-state index contributed by atoms with van der Waals surface area (Å²) < 4.78 is 70.7. The van der Waals surface area contributed by atoms with E-state index < -0.39 is 20.2 Å². The number of hydrogen-bond acceptors (Lipinski definition) is 14. The molecule has 6 aromatic rings. The molecule has 59 heavy (non-hydrogen) atoms. The van der Waals surface area contributed by atoms with E-state index in [-0.39, 0.29) is 37.7 Å². The second-order valence-corrected chi connectivity index (χ2v) is 20.0. The maximum atomic E-state index is 12.2. The topological polar surface area (TPSA) is 190 Å². The summed E-state index contributed by atoms with van der Waals surface area (Å²) in [7, 11) is -8.90. The van der Waals surface area contributed by atoms with E-state index in [4.69, 9.17) is 23.2 Å². The number of hydrogen-bond donors (Lipinski definition) is 2. The minimum Gasteiger partial charge on any atom is -0.371 e. The molecule has 4 aromatic carbocycles. The van der Waals surface area contributed by atoms with Crippen molar-refractivity contribution >= 4 is 120 Å². The molecule has 0 saturated carbocycles. The van der Waals surface area contributed by atoms with Crippen molar-refractivity contribution in [1.82, 2.24) is 9.97 Å². The third kappa shape index (κ3) is 8.50. The summed E-state index contributed by atoms with van der Waals surface area (Å²) >= 11 is 14.7. The molecule has 4 aliphatic rings. The van der Waals surface area contributed by atoms with Gasteiger partial charge in [0.2, 0.25) is 10.3 Å². The summed E-state index contributed by atoms with van der Waals surface area (Å²) in [4.78, 5) is 13.0. The van der Waals surface area contributed by atoms with Gasteiger partial charge in [-0.05, 0) is 122 Å². The van der Waals surface area contributed by atoms with Crippen LogP contribution in [0, 0.1) is 0 Å². The molecule has 6 heterocycles. The summed E-state index contributed by atoms with van der Waals surface area (Å²) in [5.74, 6) is 0. The molecule has 0 saturated heterocycles. The number of benzene rings is 4. The standard InChI is InChI=1S/2C19H17ClN4O3S2.Ni/c2*20-12-5-6-14-16(10-12)28-19(21-14)23-22-15-9-11-3-1-7-24-8-2-4-13(17(11)24)18(15)29(25,26)27;/h2*5-6,9-10H,1-4,7-8H2,(H,25,26,27);. The number of nitrogens with zero attached hydrogens (tertiary/aromatic N) is 8. The molecule has 2 aromatic heterocycles. The molecule has 0 fully saturated rings. The van der Waals surface area contributed by atoms with Gasteiger partial charge in [-0.25, -0.2) is 9.97 Å². The van der Waals surface area contributed by atoms with E-state index in [1.54, 1.807) is 48.5 Å². The molecule has 0 aliphatic carbocycles. The summed E-state index contributed by atoms with van der Waals surface area (Å²) in [6, 6.07) is 14.2. The number of rotatable bonds is 6. The number of thiazole rings is 2.